The van der Waals surface area contributed by atoms with Crippen molar-refractivity contribution in [3.63, 3.8) is 0 Å². The maximum Gasteiger partial charge on any atom is 0.220 e. The topological polar surface area (TPSA) is 47.6 Å². The van der Waals surface area contributed by atoms with Gasteiger partial charge < -0.3 is 14.8 Å². The zero-order valence-corrected chi connectivity index (χ0v) is 9.50. The van der Waals surface area contributed by atoms with Crippen LogP contribution in [0.15, 0.2) is 0 Å². The minimum absolute atomic E-state index is 0.0541. The molecule has 14 heavy (non-hydrogen) atoms. The van der Waals surface area contributed by atoms with Gasteiger partial charge in [0.2, 0.25) is 5.91 Å². The van der Waals surface area contributed by atoms with Crippen LogP contribution >= 0.6 is 0 Å². The molecule has 4 nitrogen and oxygen atoms in total. The van der Waals surface area contributed by atoms with Crippen molar-refractivity contribution >= 4 is 5.91 Å². The second-order valence-corrected chi connectivity index (χ2v) is 3.30. The summed E-state index contributed by atoms with van der Waals surface area (Å²) in [6, 6.07) is -0.116. The summed E-state index contributed by atoms with van der Waals surface area (Å²) in [6.07, 6.45) is 2.14. The molecule has 1 amide bonds. The highest BCUT2D eigenvalue weighted by molar-refractivity contribution is 5.76. The Hall–Kier alpha value is -0.610. The highest BCUT2D eigenvalue weighted by Gasteiger charge is 2.17. The van der Waals surface area contributed by atoms with Crippen LogP contribution in [0.5, 0.6) is 0 Å². The van der Waals surface area contributed by atoms with Crippen LogP contribution < -0.4 is 5.32 Å². The van der Waals surface area contributed by atoms with Crippen molar-refractivity contribution in [2.24, 2.45) is 0 Å². The Morgan fingerprint density at radius 1 is 1.36 bits per heavy atom. The molecular formula is C10H21NO3. The average molecular weight is 203 g/mol. The molecule has 1 unspecified atom stereocenters. The number of carbonyl (C=O) groups is 1. The zero-order valence-electron chi connectivity index (χ0n) is 9.50. The van der Waals surface area contributed by atoms with E-state index in [0.717, 1.165) is 12.8 Å². The van der Waals surface area contributed by atoms with Crippen molar-refractivity contribution in [3.8, 4) is 0 Å². The summed E-state index contributed by atoms with van der Waals surface area (Å²) < 4.78 is 10.1. The van der Waals surface area contributed by atoms with E-state index < -0.39 is 0 Å². The van der Waals surface area contributed by atoms with Crippen molar-refractivity contribution in [3.05, 3.63) is 0 Å². The van der Waals surface area contributed by atoms with Gasteiger partial charge in [-0.3, -0.25) is 4.79 Å². The highest BCUT2D eigenvalue weighted by Crippen LogP contribution is 2.00. The zero-order chi connectivity index (χ0) is 11.0. The summed E-state index contributed by atoms with van der Waals surface area (Å²) in [6.45, 7) is 3.92. The standard InChI is InChI=1S/C10H21NO3/c1-5-6-7-9(12)11-8(2)10(13-3)14-4/h8,10H,5-7H2,1-4H3,(H,11,12). The van der Waals surface area contributed by atoms with E-state index in [1.54, 1.807) is 14.2 Å². The number of methoxy groups -OCH3 is 2. The Balaban J connectivity index is 3.79. The Bertz CT molecular complexity index is 157. The second-order valence-electron chi connectivity index (χ2n) is 3.30. The van der Waals surface area contributed by atoms with Crippen LogP contribution in [0.2, 0.25) is 0 Å². The molecule has 1 atom stereocenters. The molecule has 0 aromatic heterocycles. The Morgan fingerprint density at radius 3 is 2.36 bits per heavy atom. The third-order valence-electron chi connectivity index (χ3n) is 2.02. The summed E-state index contributed by atoms with van der Waals surface area (Å²) in [5.74, 6) is 0.0541. The fraction of sp³-hybridized carbons (Fsp3) is 0.900. The van der Waals surface area contributed by atoms with E-state index in [1.807, 2.05) is 6.92 Å². The van der Waals surface area contributed by atoms with Crippen LogP contribution in [-0.4, -0.2) is 32.5 Å². The number of rotatable bonds is 7. The van der Waals surface area contributed by atoms with E-state index in [9.17, 15) is 4.79 Å². The lowest BCUT2D eigenvalue weighted by Crippen LogP contribution is -2.42. The number of carbonyl (C=O) groups excluding carboxylic acids is 1. The van der Waals surface area contributed by atoms with Gasteiger partial charge in [-0.1, -0.05) is 13.3 Å². The molecular weight excluding hydrogens is 182 g/mol. The number of unbranched alkanes of at least 4 members (excludes halogenated alkanes) is 1. The highest BCUT2D eigenvalue weighted by atomic mass is 16.7. The molecule has 0 aliphatic carbocycles. The van der Waals surface area contributed by atoms with Crippen LogP contribution in [0.4, 0.5) is 0 Å². The number of hydrogen-bond acceptors (Lipinski definition) is 3. The second kappa shape index (κ2) is 7.76. The molecule has 0 spiro atoms. The maximum atomic E-state index is 11.3. The lowest BCUT2D eigenvalue weighted by molar-refractivity contribution is -0.135. The van der Waals surface area contributed by atoms with Crippen LogP contribution in [-0.2, 0) is 14.3 Å². The molecule has 1 N–H and O–H groups in total. The first kappa shape index (κ1) is 13.4. The van der Waals surface area contributed by atoms with Crippen molar-refractivity contribution in [1.29, 1.82) is 0 Å². The SMILES string of the molecule is CCCCC(=O)NC(C)C(OC)OC. The smallest absolute Gasteiger partial charge is 0.220 e. The normalized spacial score (nSPS) is 12.9. The number of nitrogens with one attached hydrogen (secondary N) is 1. The molecule has 0 rings (SSSR count). The maximum absolute atomic E-state index is 11.3. The molecule has 0 aromatic rings. The third-order valence-corrected chi connectivity index (χ3v) is 2.02. The molecule has 0 aliphatic rings. The monoisotopic (exact) mass is 203 g/mol. The van der Waals surface area contributed by atoms with Gasteiger partial charge in [0.05, 0.1) is 6.04 Å². The van der Waals surface area contributed by atoms with Gasteiger partial charge >= 0.3 is 0 Å². The van der Waals surface area contributed by atoms with Gasteiger partial charge in [0.25, 0.3) is 0 Å². The van der Waals surface area contributed by atoms with E-state index in [1.165, 1.54) is 0 Å². The molecule has 0 radical (unpaired) electrons. The van der Waals surface area contributed by atoms with Gasteiger partial charge in [-0.25, -0.2) is 0 Å². The van der Waals surface area contributed by atoms with Crippen molar-refractivity contribution in [2.45, 2.75) is 45.4 Å². The van der Waals surface area contributed by atoms with Crippen molar-refractivity contribution in [2.75, 3.05) is 14.2 Å². The summed E-state index contributed by atoms with van der Waals surface area (Å²) >= 11 is 0. The van der Waals surface area contributed by atoms with Crippen LogP contribution in [0.25, 0.3) is 0 Å². The van der Waals surface area contributed by atoms with E-state index in [0.29, 0.717) is 6.42 Å². The largest absolute Gasteiger partial charge is 0.354 e. The lowest BCUT2D eigenvalue weighted by atomic mass is 10.2. The van der Waals surface area contributed by atoms with Crippen molar-refractivity contribution in [1.82, 2.24) is 5.32 Å². The molecule has 0 aliphatic heterocycles. The molecule has 0 heterocycles. The van der Waals surface area contributed by atoms with E-state index in [4.69, 9.17) is 9.47 Å². The average Bonchev–Trinajstić information content (AvgIpc) is 2.16. The first-order valence-electron chi connectivity index (χ1n) is 5.00. The fourth-order valence-corrected chi connectivity index (χ4v) is 1.24. The first-order valence-corrected chi connectivity index (χ1v) is 5.00. The van der Waals surface area contributed by atoms with E-state index in [2.05, 4.69) is 12.2 Å². The van der Waals surface area contributed by atoms with Gasteiger partial charge in [0.15, 0.2) is 6.29 Å². The predicted octanol–water partition coefficient (Wildman–Crippen LogP) is 1.30. The summed E-state index contributed by atoms with van der Waals surface area (Å²) in [7, 11) is 3.12. The van der Waals surface area contributed by atoms with E-state index >= 15 is 0 Å². The minimum atomic E-state index is -0.374. The van der Waals surface area contributed by atoms with Crippen LogP contribution in [0.3, 0.4) is 0 Å². The number of amides is 1. The first-order chi connectivity index (χ1) is 6.65. The van der Waals surface area contributed by atoms with Gasteiger partial charge in [-0.15, -0.1) is 0 Å². The molecule has 0 fully saturated rings. The predicted molar refractivity (Wildman–Crippen MR) is 54.9 cm³/mol. The number of hydrogen-bond donors (Lipinski definition) is 1. The molecule has 0 saturated carbocycles. The Labute approximate surface area is 86.0 Å². The molecule has 0 bridgehead atoms. The van der Waals surface area contributed by atoms with Gasteiger partial charge in [-0.2, -0.15) is 0 Å². The molecule has 0 aromatic carbocycles. The van der Waals surface area contributed by atoms with Gasteiger partial charge in [-0.05, 0) is 13.3 Å². The van der Waals surface area contributed by atoms with Gasteiger partial charge in [0, 0.05) is 20.6 Å². The van der Waals surface area contributed by atoms with Crippen molar-refractivity contribution < 1.29 is 14.3 Å². The third kappa shape index (κ3) is 5.19. The molecule has 4 heteroatoms. The van der Waals surface area contributed by atoms with Crippen LogP contribution in [0.1, 0.15) is 33.1 Å². The summed E-state index contributed by atoms with van der Waals surface area (Å²) in [4.78, 5) is 11.3. The Kier molecular flexibility index (Phi) is 7.42. The quantitative estimate of drug-likeness (QED) is 0.634. The summed E-state index contributed by atoms with van der Waals surface area (Å²) in [5, 5.41) is 2.83. The van der Waals surface area contributed by atoms with E-state index in [-0.39, 0.29) is 18.2 Å². The van der Waals surface area contributed by atoms with Crippen LogP contribution in [0, 0.1) is 0 Å². The lowest BCUT2D eigenvalue weighted by Gasteiger charge is -2.21. The number of ether oxygens (including phenoxy) is 2. The molecule has 84 valence electrons. The minimum Gasteiger partial charge on any atom is -0.354 e. The van der Waals surface area contributed by atoms with Gasteiger partial charge in [0.1, 0.15) is 0 Å². The Morgan fingerprint density at radius 2 is 1.93 bits per heavy atom. The summed E-state index contributed by atoms with van der Waals surface area (Å²) in [5.41, 5.74) is 0. The molecule has 0 saturated heterocycles. The fourth-order valence-electron chi connectivity index (χ4n) is 1.24.